The van der Waals surface area contributed by atoms with Gasteiger partial charge in [0.05, 0.1) is 16.3 Å². The van der Waals surface area contributed by atoms with Crippen molar-refractivity contribution in [1.82, 2.24) is 4.90 Å². The van der Waals surface area contributed by atoms with Gasteiger partial charge in [0, 0.05) is 6.42 Å². The molecule has 0 aliphatic carbocycles. The molecular formula is C23H51NO3Si. The number of hydrogen-bond donors (Lipinski definition) is 3. The van der Waals surface area contributed by atoms with Gasteiger partial charge in [0.2, 0.25) is 0 Å². The second-order valence-electron chi connectivity index (χ2n) is 9.37. The number of unbranched alkanes of at least 4 members (excludes halogenated alkanes) is 12. The number of aliphatic hydroxyl groups excluding tert-OH is 1. The lowest BCUT2D eigenvalue weighted by Gasteiger charge is -2.28. The lowest BCUT2D eigenvalue weighted by molar-refractivity contribution is -0.119. The van der Waals surface area contributed by atoms with Gasteiger partial charge < -0.3 is 20.2 Å². The molecule has 0 rings (SSSR count). The molecule has 0 bridgehead atoms. The van der Waals surface area contributed by atoms with E-state index in [2.05, 4.69) is 11.8 Å². The van der Waals surface area contributed by atoms with Gasteiger partial charge in [-0.1, -0.05) is 90.4 Å². The van der Waals surface area contributed by atoms with Gasteiger partial charge in [-0.25, -0.2) is 0 Å². The first-order chi connectivity index (χ1) is 13.3. The van der Waals surface area contributed by atoms with Crippen molar-refractivity contribution in [2.24, 2.45) is 5.92 Å². The van der Waals surface area contributed by atoms with Crippen molar-refractivity contribution < 1.29 is 15.3 Å². The zero-order valence-electron chi connectivity index (χ0n) is 19.5. The van der Waals surface area contributed by atoms with E-state index in [0.29, 0.717) is 0 Å². The van der Waals surface area contributed by atoms with Crippen LogP contribution in [0.25, 0.3) is 0 Å². The van der Waals surface area contributed by atoms with E-state index in [4.69, 9.17) is 0 Å². The fraction of sp³-hybridized carbons (Fsp3) is 1.00. The van der Waals surface area contributed by atoms with E-state index in [1.54, 1.807) is 0 Å². The molecule has 0 aliphatic heterocycles. The molecule has 0 aromatic rings. The topological polar surface area (TPSA) is 63.9 Å². The van der Waals surface area contributed by atoms with Gasteiger partial charge in [-0.3, -0.25) is 0 Å². The average Bonchev–Trinajstić information content (AvgIpc) is 2.59. The summed E-state index contributed by atoms with van der Waals surface area (Å²) in [6.07, 6.45) is 18.9. The van der Waals surface area contributed by atoms with Crippen LogP contribution in [0.15, 0.2) is 0 Å². The van der Waals surface area contributed by atoms with Gasteiger partial charge in [-0.2, -0.15) is 0 Å². The number of nitrogens with zero attached hydrogens (tertiary/aromatic N) is 1. The highest BCUT2D eigenvalue weighted by molar-refractivity contribution is 6.12. The van der Waals surface area contributed by atoms with Crippen molar-refractivity contribution in [2.45, 2.75) is 121 Å². The molecule has 0 aliphatic rings. The summed E-state index contributed by atoms with van der Waals surface area (Å²) in [5.41, 5.74) is -1.65. The highest BCUT2D eigenvalue weighted by atomic mass is 28.1. The maximum atomic E-state index is 10.4. The molecule has 0 radical (unpaired) electrons. The predicted molar refractivity (Wildman–Crippen MR) is 125 cm³/mol. The Hall–Kier alpha value is 0.0569. The largest absolute Gasteiger partial charge is 0.393 e. The van der Waals surface area contributed by atoms with Crippen molar-refractivity contribution in [3.05, 3.63) is 0 Å². The fourth-order valence-corrected chi connectivity index (χ4v) is 4.36. The minimum Gasteiger partial charge on any atom is -0.393 e. The van der Waals surface area contributed by atoms with E-state index in [1.165, 1.54) is 77.0 Å². The maximum absolute atomic E-state index is 10.4. The Morgan fingerprint density at radius 1 is 0.750 bits per heavy atom. The summed E-state index contributed by atoms with van der Waals surface area (Å²) in [5, 5.41) is 29.7. The van der Waals surface area contributed by atoms with Crippen molar-refractivity contribution in [1.29, 1.82) is 0 Å². The van der Waals surface area contributed by atoms with E-state index < -0.39 is 11.5 Å². The Balaban J connectivity index is 3.75. The van der Waals surface area contributed by atoms with E-state index >= 15 is 0 Å². The third kappa shape index (κ3) is 19.4. The quantitative estimate of drug-likeness (QED) is 0.160. The molecular weight excluding hydrogens is 366 g/mol. The number of aliphatic hydroxyl groups is 3. The Bertz CT molecular complexity index is 334. The van der Waals surface area contributed by atoms with Gasteiger partial charge in [-0.15, -0.1) is 0 Å². The molecule has 0 aromatic heterocycles. The predicted octanol–water partition coefficient (Wildman–Crippen LogP) is 3.79. The first-order valence-corrected chi connectivity index (χ1v) is 13.0. The zero-order valence-corrected chi connectivity index (χ0v) is 21.5. The van der Waals surface area contributed by atoms with Crippen LogP contribution in [0.1, 0.15) is 110 Å². The maximum Gasteiger partial charge on any atom is 0.137 e. The average molecular weight is 418 g/mol. The van der Waals surface area contributed by atoms with E-state index in [0.717, 1.165) is 25.8 Å². The van der Waals surface area contributed by atoms with Crippen molar-refractivity contribution >= 4 is 10.2 Å². The van der Waals surface area contributed by atoms with Crippen LogP contribution in [-0.4, -0.2) is 62.6 Å². The Morgan fingerprint density at radius 3 is 1.57 bits per heavy atom. The summed E-state index contributed by atoms with van der Waals surface area (Å²) in [4.78, 5) is 2.13. The van der Waals surface area contributed by atoms with Crippen molar-refractivity contribution in [2.75, 3.05) is 20.6 Å². The molecule has 0 amide bonds. The van der Waals surface area contributed by atoms with Crippen molar-refractivity contribution in [3.63, 3.8) is 0 Å². The molecule has 0 aromatic carbocycles. The molecule has 28 heavy (non-hydrogen) atoms. The molecule has 0 fully saturated rings. The van der Waals surface area contributed by atoms with E-state index in [-0.39, 0.29) is 22.6 Å². The third-order valence-corrected chi connectivity index (χ3v) is 6.17. The molecule has 170 valence electrons. The summed E-state index contributed by atoms with van der Waals surface area (Å²) < 4.78 is 0. The molecule has 2 unspecified atom stereocenters. The second kappa shape index (κ2) is 17.9. The molecule has 0 saturated carbocycles. The number of rotatable bonds is 20. The van der Waals surface area contributed by atoms with Crippen molar-refractivity contribution in [3.8, 4) is 0 Å². The minimum atomic E-state index is -1.65. The molecule has 0 heterocycles. The van der Waals surface area contributed by atoms with Crippen LogP contribution in [0, 0.1) is 5.92 Å². The highest BCUT2D eigenvalue weighted by Gasteiger charge is 2.26. The van der Waals surface area contributed by atoms with Gasteiger partial charge in [0.15, 0.2) is 0 Å². The third-order valence-electron chi connectivity index (χ3n) is 5.77. The van der Waals surface area contributed by atoms with Gasteiger partial charge >= 0.3 is 0 Å². The fourth-order valence-electron chi connectivity index (χ4n) is 3.94. The second-order valence-corrected chi connectivity index (χ2v) is 11.0. The molecule has 2 atom stereocenters. The van der Waals surface area contributed by atoms with E-state index in [9.17, 15) is 15.3 Å². The standard InChI is InChI=1S/C23H51NO3Si/c1-4-5-6-7-8-9-10-11-12-13-14-15-16-17-21(18-19-24(2)3)22(25)20-23(26,27)28/h21-22,25-27H,4-20H2,1-3,28H3. The molecule has 5 heteroatoms. The van der Waals surface area contributed by atoms with Crippen LogP contribution in [0.3, 0.4) is 0 Å². The lowest BCUT2D eigenvalue weighted by Crippen LogP contribution is -2.37. The first-order valence-electron chi connectivity index (χ1n) is 12.0. The summed E-state index contributed by atoms with van der Waals surface area (Å²) in [6.45, 7) is 3.21. The smallest absolute Gasteiger partial charge is 0.137 e. The monoisotopic (exact) mass is 417 g/mol. The Kier molecular flexibility index (Phi) is 17.9. The highest BCUT2D eigenvalue weighted by Crippen LogP contribution is 2.23. The van der Waals surface area contributed by atoms with Crippen LogP contribution >= 0.6 is 0 Å². The Morgan fingerprint density at radius 2 is 1.18 bits per heavy atom. The van der Waals surface area contributed by atoms with Crippen LogP contribution in [-0.2, 0) is 0 Å². The van der Waals surface area contributed by atoms with E-state index in [1.807, 2.05) is 14.1 Å². The molecule has 0 saturated heterocycles. The van der Waals surface area contributed by atoms with Crippen LogP contribution in [0.4, 0.5) is 0 Å². The lowest BCUT2D eigenvalue weighted by atomic mass is 9.89. The minimum absolute atomic E-state index is 0.0930. The van der Waals surface area contributed by atoms with Gasteiger partial charge in [-0.05, 0) is 39.4 Å². The van der Waals surface area contributed by atoms with Crippen LogP contribution < -0.4 is 0 Å². The SMILES string of the molecule is CCCCCCCCCCCCCCCC(CCN(C)C)C(O)CC(O)(O)[SiH3]. The molecule has 3 N–H and O–H groups in total. The van der Waals surface area contributed by atoms with Gasteiger partial charge in [0.25, 0.3) is 0 Å². The van der Waals surface area contributed by atoms with Gasteiger partial charge in [0.1, 0.15) is 5.41 Å². The zero-order chi connectivity index (χ0) is 21.3. The van der Waals surface area contributed by atoms with Crippen LogP contribution in [0.2, 0.25) is 0 Å². The summed E-state index contributed by atoms with van der Waals surface area (Å²) >= 11 is 0. The van der Waals surface area contributed by atoms with Crippen LogP contribution in [0.5, 0.6) is 0 Å². The number of hydrogen-bond acceptors (Lipinski definition) is 4. The summed E-state index contributed by atoms with van der Waals surface area (Å²) in [6, 6.07) is 0. The normalized spacial score (nSPS) is 14.7. The summed E-state index contributed by atoms with van der Waals surface area (Å²) in [5.74, 6) is 0.169. The molecule has 4 nitrogen and oxygen atoms in total. The first kappa shape index (κ1) is 28.1. The Labute approximate surface area is 178 Å². The summed E-state index contributed by atoms with van der Waals surface area (Å²) in [7, 11) is 4.36. The molecule has 0 spiro atoms.